The topological polar surface area (TPSA) is 51.8 Å². The van der Waals surface area contributed by atoms with Gasteiger partial charge in [-0.2, -0.15) is 0 Å². The smallest absolute Gasteiger partial charge is 0.130 e. The van der Waals surface area contributed by atoms with Crippen LogP contribution in [0.1, 0.15) is 5.56 Å². The zero-order valence-electron chi connectivity index (χ0n) is 20.0. The molecule has 4 nitrogen and oxygen atoms in total. The zero-order chi connectivity index (χ0) is 24.3. The Hall–Kier alpha value is -4.18. The number of benzene rings is 3. The second-order valence-electron chi connectivity index (χ2n) is 8.45. The molecule has 3 aromatic carbocycles. The van der Waals surface area contributed by atoms with Crippen LogP contribution in [0.15, 0.2) is 114 Å². The Morgan fingerprint density at radius 3 is 2.32 bits per heavy atom. The third-order valence-corrected chi connectivity index (χ3v) is 6.03. The predicted molar refractivity (Wildman–Crippen MR) is 144 cm³/mol. The fraction of sp³-hybridized carbons (Fsp3) is 0.0312. The van der Waals surface area contributed by atoms with Crippen molar-refractivity contribution < 1.29 is 24.5 Å². The number of fused-ring (bicyclic) bond motifs is 5. The van der Waals surface area contributed by atoms with Crippen LogP contribution in [-0.2, 0) is 20.1 Å². The van der Waals surface area contributed by atoms with Gasteiger partial charge in [-0.05, 0) is 41.4 Å². The summed E-state index contributed by atoms with van der Waals surface area (Å²) in [6.07, 6.45) is 7.31. The summed E-state index contributed by atoms with van der Waals surface area (Å²) in [5.74, 6) is 0. The van der Waals surface area contributed by atoms with Gasteiger partial charge < -0.3 is 14.4 Å². The standard InChI is InChI=1S/C21H13N2O.C11H8N.Ir/c1-13-5-8-19(23-11-13)17-4-2-3-15-16-7-6-14-9-10-22-12-18(14)21(16)24-20(15)17;1-2-6-10(7-3-1)11-8-4-5-9-12-11;/h2-3,5-12H,1H3;1-6,8-9H;/q2*-1;. The molecule has 7 rings (SSSR count). The Bertz CT molecular complexity index is 1740. The molecule has 0 aliphatic heterocycles. The Labute approximate surface area is 228 Å². The van der Waals surface area contributed by atoms with E-state index in [9.17, 15) is 0 Å². The molecule has 4 aromatic heterocycles. The van der Waals surface area contributed by atoms with Gasteiger partial charge >= 0.3 is 0 Å². The number of hydrogen-bond donors (Lipinski definition) is 0. The van der Waals surface area contributed by atoms with E-state index in [1.165, 1.54) is 0 Å². The first-order valence-electron chi connectivity index (χ1n) is 11.7. The maximum atomic E-state index is 6.27. The molecule has 0 spiro atoms. The van der Waals surface area contributed by atoms with Gasteiger partial charge in [0.05, 0.1) is 5.58 Å². The van der Waals surface area contributed by atoms with Crippen LogP contribution >= 0.6 is 0 Å². The van der Waals surface area contributed by atoms with Gasteiger partial charge in [-0.15, -0.1) is 54.1 Å². The number of pyridine rings is 3. The van der Waals surface area contributed by atoms with Gasteiger partial charge in [-0.1, -0.05) is 47.3 Å². The first kappa shape index (κ1) is 24.5. The minimum Gasteiger partial charge on any atom is -0.500 e. The SMILES string of the molecule is Cc1ccc(-c2[c-]ccc3c2oc2c4cnccc4ccc32)nc1.[Ir].[c-]1ccccc1-c1ccccn1. The Morgan fingerprint density at radius 2 is 1.54 bits per heavy atom. The van der Waals surface area contributed by atoms with E-state index in [0.29, 0.717) is 0 Å². The van der Waals surface area contributed by atoms with E-state index < -0.39 is 0 Å². The van der Waals surface area contributed by atoms with E-state index in [1.807, 2.05) is 86.0 Å². The summed E-state index contributed by atoms with van der Waals surface area (Å²) in [4.78, 5) is 13.0. The van der Waals surface area contributed by atoms with E-state index in [0.717, 1.165) is 60.8 Å². The third kappa shape index (κ3) is 4.92. The minimum absolute atomic E-state index is 0. The van der Waals surface area contributed by atoms with Crippen molar-refractivity contribution in [3.8, 4) is 22.5 Å². The van der Waals surface area contributed by atoms with Crippen molar-refractivity contribution >= 4 is 32.7 Å². The van der Waals surface area contributed by atoms with Crippen molar-refractivity contribution in [3.63, 3.8) is 0 Å². The Kier molecular flexibility index (Phi) is 7.18. The van der Waals surface area contributed by atoms with Gasteiger partial charge in [0.25, 0.3) is 0 Å². The van der Waals surface area contributed by atoms with Gasteiger partial charge in [0, 0.05) is 55.7 Å². The van der Waals surface area contributed by atoms with Gasteiger partial charge in [-0.3, -0.25) is 4.98 Å². The van der Waals surface area contributed by atoms with Crippen molar-refractivity contribution in [1.29, 1.82) is 0 Å². The summed E-state index contributed by atoms with van der Waals surface area (Å²) in [6, 6.07) is 34.3. The van der Waals surface area contributed by atoms with Crippen LogP contribution in [0.5, 0.6) is 0 Å². The van der Waals surface area contributed by atoms with Crippen molar-refractivity contribution in [1.82, 2.24) is 15.0 Å². The second-order valence-corrected chi connectivity index (χ2v) is 8.45. The molecule has 5 heteroatoms. The molecule has 0 aliphatic rings. The molecule has 0 unspecified atom stereocenters. The summed E-state index contributed by atoms with van der Waals surface area (Å²) in [6.45, 7) is 2.03. The molecule has 0 fully saturated rings. The molecular formula is C32H21IrN3O-2. The molecule has 181 valence electrons. The van der Waals surface area contributed by atoms with Crippen LogP contribution in [0.2, 0.25) is 0 Å². The van der Waals surface area contributed by atoms with Gasteiger partial charge in [0.15, 0.2) is 0 Å². The summed E-state index contributed by atoms with van der Waals surface area (Å²) >= 11 is 0. The van der Waals surface area contributed by atoms with Crippen LogP contribution in [-0.4, -0.2) is 15.0 Å². The van der Waals surface area contributed by atoms with E-state index in [4.69, 9.17) is 4.42 Å². The molecule has 1 radical (unpaired) electrons. The molecule has 0 aliphatic carbocycles. The summed E-state index contributed by atoms with van der Waals surface area (Å²) < 4.78 is 6.27. The predicted octanol–water partition coefficient (Wildman–Crippen LogP) is 7.85. The van der Waals surface area contributed by atoms with Crippen LogP contribution in [0.25, 0.3) is 55.2 Å². The molecule has 0 bridgehead atoms. The molecule has 0 saturated heterocycles. The summed E-state index contributed by atoms with van der Waals surface area (Å²) in [5, 5.41) is 4.31. The minimum atomic E-state index is 0. The van der Waals surface area contributed by atoms with Gasteiger partial charge in [0.2, 0.25) is 0 Å². The normalized spacial score (nSPS) is 10.6. The van der Waals surface area contributed by atoms with Gasteiger partial charge in [0.1, 0.15) is 5.58 Å². The average molecular weight is 656 g/mol. The fourth-order valence-corrected chi connectivity index (χ4v) is 4.24. The maximum absolute atomic E-state index is 6.27. The van der Waals surface area contributed by atoms with Gasteiger partial charge in [-0.25, -0.2) is 0 Å². The zero-order valence-corrected chi connectivity index (χ0v) is 22.4. The molecule has 0 amide bonds. The van der Waals surface area contributed by atoms with Crippen molar-refractivity contribution in [3.05, 3.63) is 127 Å². The monoisotopic (exact) mass is 656 g/mol. The van der Waals surface area contributed by atoms with E-state index >= 15 is 0 Å². The number of aromatic nitrogens is 3. The maximum Gasteiger partial charge on any atom is 0.130 e. The third-order valence-electron chi connectivity index (χ3n) is 6.03. The van der Waals surface area contributed by atoms with E-state index in [-0.39, 0.29) is 20.1 Å². The quantitative estimate of drug-likeness (QED) is 0.178. The van der Waals surface area contributed by atoms with Crippen LogP contribution < -0.4 is 0 Å². The average Bonchev–Trinajstić information content (AvgIpc) is 3.34. The molecular weight excluding hydrogens is 635 g/mol. The first-order valence-corrected chi connectivity index (χ1v) is 11.7. The molecule has 4 heterocycles. The van der Waals surface area contributed by atoms with E-state index in [1.54, 1.807) is 12.4 Å². The van der Waals surface area contributed by atoms with Crippen molar-refractivity contribution in [2.75, 3.05) is 0 Å². The Balaban J connectivity index is 0.000000183. The van der Waals surface area contributed by atoms with Crippen LogP contribution in [0.3, 0.4) is 0 Å². The Morgan fingerprint density at radius 1 is 0.649 bits per heavy atom. The number of furan rings is 1. The second kappa shape index (κ2) is 10.8. The largest absolute Gasteiger partial charge is 0.500 e. The molecule has 0 N–H and O–H groups in total. The van der Waals surface area contributed by atoms with Crippen LogP contribution in [0, 0.1) is 19.1 Å². The molecule has 37 heavy (non-hydrogen) atoms. The molecule has 7 aromatic rings. The number of nitrogens with zero attached hydrogens (tertiary/aromatic N) is 3. The summed E-state index contributed by atoms with van der Waals surface area (Å²) in [7, 11) is 0. The molecule has 0 saturated carbocycles. The van der Waals surface area contributed by atoms with Crippen molar-refractivity contribution in [2.24, 2.45) is 0 Å². The first-order chi connectivity index (χ1) is 17.8. The number of hydrogen-bond acceptors (Lipinski definition) is 4. The number of aryl methyl sites for hydroxylation is 1. The molecule has 0 atom stereocenters. The van der Waals surface area contributed by atoms with Crippen LogP contribution in [0.4, 0.5) is 0 Å². The number of rotatable bonds is 2. The van der Waals surface area contributed by atoms with E-state index in [2.05, 4.69) is 45.3 Å². The van der Waals surface area contributed by atoms with Crippen molar-refractivity contribution in [2.45, 2.75) is 6.92 Å². The summed E-state index contributed by atoms with van der Waals surface area (Å²) in [5.41, 5.74) is 6.58. The fourth-order valence-electron chi connectivity index (χ4n) is 4.24.